The lowest BCUT2D eigenvalue weighted by atomic mass is 10.1. The number of nitrogens with zero attached hydrogens (tertiary/aromatic N) is 1. The first-order chi connectivity index (χ1) is 11.6. The predicted octanol–water partition coefficient (Wildman–Crippen LogP) is 3.39. The highest BCUT2D eigenvalue weighted by Crippen LogP contribution is 2.18. The third-order valence-electron chi connectivity index (χ3n) is 3.92. The van der Waals surface area contributed by atoms with Crippen LogP contribution in [0.2, 0.25) is 0 Å². The van der Waals surface area contributed by atoms with Gasteiger partial charge in [-0.05, 0) is 30.2 Å². The molecule has 1 atom stereocenters. The van der Waals surface area contributed by atoms with Gasteiger partial charge in [-0.25, -0.2) is 0 Å². The summed E-state index contributed by atoms with van der Waals surface area (Å²) in [5.41, 5.74) is 2.33. The molecule has 0 aromatic heterocycles. The monoisotopic (exact) mass is 326 g/mol. The van der Waals surface area contributed by atoms with Crippen molar-refractivity contribution in [3.05, 3.63) is 65.7 Å². The molecule has 2 aromatic rings. The Morgan fingerprint density at radius 3 is 2.38 bits per heavy atom. The first-order valence-electron chi connectivity index (χ1n) is 8.26. The molecular weight excluding hydrogens is 300 g/mol. The highest BCUT2D eigenvalue weighted by molar-refractivity contribution is 5.75. The Labute approximate surface area is 144 Å². The predicted molar refractivity (Wildman–Crippen MR) is 96.9 cm³/mol. The Balaban J connectivity index is 1.79. The van der Waals surface area contributed by atoms with E-state index < -0.39 is 0 Å². The van der Waals surface area contributed by atoms with Gasteiger partial charge in [-0.1, -0.05) is 42.5 Å². The van der Waals surface area contributed by atoms with Crippen molar-refractivity contribution in [1.29, 1.82) is 0 Å². The molecule has 4 heteroatoms. The van der Waals surface area contributed by atoms with Crippen LogP contribution < -0.4 is 10.1 Å². The van der Waals surface area contributed by atoms with E-state index in [1.54, 1.807) is 19.0 Å². The van der Waals surface area contributed by atoms with Gasteiger partial charge >= 0.3 is 0 Å². The first kappa shape index (κ1) is 18.0. The minimum absolute atomic E-state index is 0.138. The van der Waals surface area contributed by atoms with Crippen molar-refractivity contribution < 1.29 is 9.53 Å². The summed E-state index contributed by atoms with van der Waals surface area (Å²) in [6.45, 7) is 3.34. The van der Waals surface area contributed by atoms with Gasteiger partial charge in [0, 0.05) is 33.1 Å². The van der Waals surface area contributed by atoms with Crippen molar-refractivity contribution in [2.75, 3.05) is 20.6 Å². The van der Waals surface area contributed by atoms with Gasteiger partial charge in [0.15, 0.2) is 0 Å². The van der Waals surface area contributed by atoms with E-state index in [9.17, 15) is 4.79 Å². The van der Waals surface area contributed by atoms with Crippen LogP contribution in [0.4, 0.5) is 0 Å². The quantitative estimate of drug-likeness (QED) is 0.808. The number of carbonyl (C=O) groups excluding carboxylic acids is 1. The van der Waals surface area contributed by atoms with E-state index in [1.807, 2.05) is 30.3 Å². The average Bonchev–Trinajstić information content (AvgIpc) is 2.61. The molecule has 4 nitrogen and oxygen atoms in total. The number of carbonyl (C=O) groups is 1. The molecule has 0 radical (unpaired) electrons. The zero-order valence-electron chi connectivity index (χ0n) is 14.7. The molecule has 24 heavy (non-hydrogen) atoms. The smallest absolute Gasteiger partial charge is 0.223 e. The molecule has 0 saturated carbocycles. The molecule has 1 N–H and O–H groups in total. The molecule has 0 aliphatic carbocycles. The number of hydrogen-bond acceptors (Lipinski definition) is 3. The van der Waals surface area contributed by atoms with E-state index >= 15 is 0 Å². The standard InChI is InChI=1S/C20H26N2O2/c1-16(21-14-13-20(23)22(2)3)18-9-11-19(12-10-18)24-15-17-7-5-4-6-8-17/h4-12,16,21H,13-15H2,1-3H3. The SMILES string of the molecule is CC(NCCC(=O)N(C)C)c1ccc(OCc2ccccc2)cc1. The maximum atomic E-state index is 11.6. The fourth-order valence-electron chi connectivity index (χ4n) is 2.33. The topological polar surface area (TPSA) is 41.6 Å². The van der Waals surface area contributed by atoms with Crippen LogP contribution in [0.25, 0.3) is 0 Å². The van der Waals surface area contributed by atoms with Crippen molar-refractivity contribution in [3.8, 4) is 5.75 Å². The third kappa shape index (κ3) is 5.70. The van der Waals surface area contributed by atoms with Crippen LogP contribution in [0.1, 0.15) is 30.5 Å². The molecule has 0 aliphatic heterocycles. The summed E-state index contributed by atoms with van der Waals surface area (Å²) in [6.07, 6.45) is 0.510. The molecule has 1 unspecified atom stereocenters. The van der Waals surface area contributed by atoms with Crippen molar-refractivity contribution in [2.24, 2.45) is 0 Å². The zero-order valence-corrected chi connectivity index (χ0v) is 14.7. The molecule has 0 saturated heterocycles. The van der Waals surface area contributed by atoms with Gasteiger partial charge in [0.2, 0.25) is 5.91 Å². The van der Waals surface area contributed by atoms with E-state index in [4.69, 9.17) is 4.74 Å². The second-order valence-electron chi connectivity index (χ2n) is 6.06. The number of ether oxygens (including phenoxy) is 1. The van der Waals surface area contributed by atoms with Gasteiger partial charge < -0.3 is 15.0 Å². The molecule has 0 heterocycles. The van der Waals surface area contributed by atoms with Crippen LogP contribution >= 0.6 is 0 Å². The molecule has 0 bridgehead atoms. The number of benzene rings is 2. The second-order valence-corrected chi connectivity index (χ2v) is 6.06. The molecule has 0 fully saturated rings. The van der Waals surface area contributed by atoms with E-state index in [0.717, 1.165) is 11.3 Å². The summed E-state index contributed by atoms with van der Waals surface area (Å²) in [7, 11) is 3.56. The van der Waals surface area contributed by atoms with Crippen molar-refractivity contribution in [1.82, 2.24) is 10.2 Å². The number of rotatable bonds is 8. The largest absolute Gasteiger partial charge is 0.489 e. The number of hydrogen-bond donors (Lipinski definition) is 1. The number of nitrogens with one attached hydrogen (secondary N) is 1. The van der Waals surface area contributed by atoms with Gasteiger partial charge in [0.25, 0.3) is 0 Å². The fourth-order valence-corrected chi connectivity index (χ4v) is 2.33. The average molecular weight is 326 g/mol. The lowest BCUT2D eigenvalue weighted by Crippen LogP contribution is -2.28. The Bertz CT molecular complexity index is 624. The van der Waals surface area contributed by atoms with Crippen molar-refractivity contribution in [3.63, 3.8) is 0 Å². The van der Waals surface area contributed by atoms with Crippen LogP contribution in [-0.4, -0.2) is 31.4 Å². The van der Waals surface area contributed by atoms with Crippen molar-refractivity contribution >= 4 is 5.91 Å². The van der Waals surface area contributed by atoms with Crippen molar-refractivity contribution in [2.45, 2.75) is 26.0 Å². The summed E-state index contributed by atoms with van der Waals surface area (Å²) >= 11 is 0. The van der Waals surface area contributed by atoms with Gasteiger partial charge in [-0.15, -0.1) is 0 Å². The Morgan fingerprint density at radius 1 is 1.08 bits per heavy atom. The molecule has 2 aromatic carbocycles. The van der Waals surface area contributed by atoms with Gasteiger partial charge in [-0.3, -0.25) is 4.79 Å². The molecule has 0 aliphatic rings. The fraction of sp³-hybridized carbons (Fsp3) is 0.350. The summed E-state index contributed by atoms with van der Waals surface area (Å²) in [4.78, 5) is 13.2. The maximum absolute atomic E-state index is 11.6. The lowest BCUT2D eigenvalue weighted by molar-refractivity contribution is -0.128. The molecule has 1 amide bonds. The Morgan fingerprint density at radius 2 is 1.75 bits per heavy atom. The summed E-state index contributed by atoms with van der Waals surface area (Å²) in [5.74, 6) is 0.997. The number of amides is 1. The molecule has 128 valence electrons. The van der Waals surface area contributed by atoms with Gasteiger partial charge in [-0.2, -0.15) is 0 Å². The highest BCUT2D eigenvalue weighted by atomic mass is 16.5. The second kappa shape index (κ2) is 9.08. The highest BCUT2D eigenvalue weighted by Gasteiger charge is 2.07. The van der Waals surface area contributed by atoms with E-state index in [-0.39, 0.29) is 11.9 Å². The first-order valence-corrected chi connectivity index (χ1v) is 8.26. The Kier molecular flexibility index (Phi) is 6.82. The van der Waals surface area contributed by atoms with Crippen LogP contribution in [0.3, 0.4) is 0 Å². The van der Waals surface area contributed by atoms with Crippen LogP contribution in [0.5, 0.6) is 5.75 Å². The maximum Gasteiger partial charge on any atom is 0.223 e. The third-order valence-corrected chi connectivity index (χ3v) is 3.92. The lowest BCUT2D eigenvalue weighted by Gasteiger charge is -2.16. The minimum Gasteiger partial charge on any atom is -0.489 e. The van der Waals surface area contributed by atoms with E-state index in [1.165, 1.54) is 5.56 Å². The van der Waals surface area contributed by atoms with Crippen LogP contribution in [0, 0.1) is 0 Å². The molecular formula is C20H26N2O2. The molecule has 0 spiro atoms. The van der Waals surface area contributed by atoms with Crippen LogP contribution in [-0.2, 0) is 11.4 Å². The van der Waals surface area contributed by atoms with E-state index in [0.29, 0.717) is 19.6 Å². The minimum atomic E-state index is 0.138. The Hall–Kier alpha value is -2.33. The van der Waals surface area contributed by atoms with Crippen LogP contribution in [0.15, 0.2) is 54.6 Å². The summed E-state index contributed by atoms with van der Waals surface area (Å²) in [6, 6.07) is 18.4. The normalized spacial score (nSPS) is 11.8. The van der Waals surface area contributed by atoms with Gasteiger partial charge in [0.05, 0.1) is 0 Å². The zero-order chi connectivity index (χ0) is 17.4. The summed E-state index contributed by atoms with van der Waals surface area (Å²) in [5, 5.41) is 3.37. The van der Waals surface area contributed by atoms with Gasteiger partial charge in [0.1, 0.15) is 12.4 Å². The van der Waals surface area contributed by atoms with E-state index in [2.05, 4.69) is 36.5 Å². The summed E-state index contributed by atoms with van der Waals surface area (Å²) < 4.78 is 5.80. The molecule has 2 rings (SSSR count).